The first-order valence-corrected chi connectivity index (χ1v) is 36.6. The molecule has 105 heavy (non-hydrogen) atoms. The van der Waals surface area contributed by atoms with Crippen molar-refractivity contribution in [2.24, 2.45) is 29.1 Å². The summed E-state index contributed by atoms with van der Waals surface area (Å²) >= 11 is 0. The molecule has 3 N–H and O–H groups in total. The molecule has 21 nitrogen and oxygen atoms in total. The van der Waals surface area contributed by atoms with Crippen LogP contribution in [0.2, 0.25) is 0 Å². The van der Waals surface area contributed by atoms with Crippen LogP contribution in [0.25, 0.3) is 85.0 Å². The number of aromatic nitrogens is 12. The molecule has 0 aliphatic carbocycles. The molecule has 4 atom stereocenters. The number of aliphatic hydroxyl groups excluding tert-OH is 1. The van der Waals surface area contributed by atoms with E-state index in [2.05, 4.69) is 211 Å². The minimum Gasteiger partial charge on any atom is -0.395 e. The quantitative estimate of drug-likeness (QED) is 0.0980. The van der Waals surface area contributed by atoms with Crippen LogP contribution in [-0.4, -0.2) is 160 Å². The van der Waals surface area contributed by atoms with Gasteiger partial charge < -0.3 is 49.0 Å². The third-order valence-corrected chi connectivity index (χ3v) is 22.6. The molecule has 0 unspecified atom stereocenters. The molecule has 4 fully saturated rings. The Morgan fingerprint density at radius 3 is 1.90 bits per heavy atom. The Balaban J connectivity index is 0.000000116. The van der Waals surface area contributed by atoms with Gasteiger partial charge in [-0.2, -0.15) is 15.6 Å². The minimum atomic E-state index is -0.227. The Morgan fingerprint density at radius 1 is 0.657 bits per heavy atom. The number of halogens is 1. The summed E-state index contributed by atoms with van der Waals surface area (Å²) in [6.45, 7) is 19.7. The summed E-state index contributed by atoms with van der Waals surface area (Å²) in [5.74, 6) is 5.65. The molecule has 14 heterocycles. The van der Waals surface area contributed by atoms with E-state index >= 15 is 0 Å². The first-order valence-electron chi connectivity index (χ1n) is 36.6. The lowest BCUT2D eigenvalue weighted by molar-refractivity contribution is 0.200. The molecule has 0 amide bonds. The van der Waals surface area contributed by atoms with E-state index in [0.717, 1.165) is 181 Å². The summed E-state index contributed by atoms with van der Waals surface area (Å²) in [5.41, 5.74) is 20.6. The van der Waals surface area contributed by atoms with Crippen molar-refractivity contribution in [1.29, 1.82) is 10.5 Å². The van der Waals surface area contributed by atoms with Gasteiger partial charge in [-0.25, -0.2) is 24.0 Å². The molecular formula is C83H85FN20O. The summed E-state index contributed by atoms with van der Waals surface area (Å²) in [7, 11) is 4.29. The Bertz CT molecular complexity index is 5270. The van der Waals surface area contributed by atoms with Crippen LogP contribution >= 0.6 is 0 Å². The number of pyridine rings is 1. The first-order chi connectivity index (χ1) is 51.2. The van der Waals surface area contributed by atoms with Crippen LogP contribution in [0.1, 0.15) is 61.6 Å². The highest BCUT2D eigenvalue weighted by Crippen LogP contribution is 2.42. The fourth-order valence-corrected chi connectivity index (χ4v) is 16.6. The number of nitriles is 2. The third-order valence-electron chi connectivity index (χ3n) is 22.6. The number of benzene rings is 5. The van der Waals surface area contributed by atoms with Gasteiger partial charge in [0.2, 0.25) is 0 Å². The second-order valence-electron chi connectivity index (χ2n) is 30.2. The molecule has 0 saturated carbocycles. The molecule has 7 aliphatic rings. The van der Waals surface area contributed by atoms with E-state index in [4.69, 9.17) is 15.5 Å². The highest BCUT2D eigenvalue weighted by Gasteiger charge is 2.43. The van der Waals surface area contributed by atoms with Gasteiger partial charge in [-0.3, -0.25) is 9.13 Å². The number of anilines is 3. The number of hydrogen-bond donors (Lipinski definition) is 3. The molecule has 4 saturated heterocycles. The van der Waals surface area contributed by atoms with Crippen LogP contribution in [0.5, 0.6) is 0 Å². The highest BCUT2D eigenvalue weighted by molar-refractivity contribution is 5.76. The largest absolute Gasteiger partial charge is 0.395 e. The number of rotatable bonds is 13. The second-order valence-corrected chi connectivity index (χ2v) is 30.2. The topological polar surface area (TPSA) is 212 Å². The zero-order valence-corrected chi connectivity index (χ0v) is 59.9. The van der Waals surface area contributed by atoms with Crippen LogP contribution in [-0.2, 0) is 19.6 Å². The van der Waals surface area contributed by atoms with Crippen LogP contribution in [0.3, 0.4) is 0 Å². The standard InChI is InChI=1S/C30H33N7O.C27H29FN6.C26H23N7/c1-20(2)27(18-38)32-14-22-9-10-35(15-22)26-7-8-28-25(11-26)17-36-16-24(23-5-3-21(13-31)4-6-23)12-29(36)30-34-33-19-37(28)30;1-18-13-33(16-21(18)14-31(2)3)26-9-8-24-23(30-26)17-32-15-20(19-4-6-22(28)7-5-19)12-25(32)27-29-10-11-34(24)27;27-11-18-1-3-19(4-2-18)20-10-24-25-29-17-30-33(25)23-6-5-22(9-21(23)13-32(24)12-20)31-8-7-26(16-31)14-28-15-26/h3-8,11-12,16,19-20,22,27,32,38H,9-10,14-15,17-18H2,1-2H3;4-12,15,18,21H,13-14,16-17H2,1-3H3;1-6,9-10,12,17,28H,7-8,13-16H2/t22-,27+;18-,21+;/m10./s1. The lowest BCUT2D eigenvalue weighted by Gasteiger charge is -2.39. The summed E-state index contributed by atoms with van der Waals surface area (Å²) in [6.07, 6.45) is 16.1. The van der Waals surface area contributed by atoms with Gasteiger partial charge in [0.1, 0.15) is 24.3 Å². The van der Waals surface area contributed by atoms with Crippen molar-refractivity contribution in [2.75, 3.05) is 101 Å². The van der Waals surface area contributed by atoms with Crippen LogP contribution in [0, 0.1) is 57.6 Å². The fourth-order valence-electron chi connectivity index (χ4n) is 16.6. The Hall–Kier alpha value is -11.3. The van der Waals surface area contributed by atoms with Crippen molar-refractivity contribution in [3.63, 3.8) is 0 Å². The zero-order chi connectivity index (χ0) is 71.6. The SMILES string of the molecule is CC(C)[C@H](CO)NC[C@H]1CCN(c2ccc3c(c2)Cn2cc(-c4ccc(C#N)cc4)cc2-c2nncn2-3)C1.C[C@H]1CN(c2ccc3c(n2)Cn2cc(-c4ccc(F)cc4)cc2-c2nccn2-3)C[C@H]1CN(C)C.N#Cc1ccc(-c2cc3n(c2)Cc2cc(N4CCC5(CNC5)C4)ccc2-n2ncnc2-3)cc1. The zero-order valence-electron chi connectivity index (χ0n) is 59.9. The smallest absolute Gasteiger partial charge is 0.185 e. The molecule has 22 heteroatoms. The number of imidazole rings is 1. The van der Waals surface area contributed by atoms with Gasteiger partial charge in [0, 0.05) is 149 Å². The monoisotopic (exact) mass is 1400 g/mol. The van der Waals surface area contributed by atoms with E-state index in [1.807, 2.05) is 77.7 Å². The van der Waals surface area contributed by atoms with Crippen LogP contribution in [0.15, 0.2) is 183 Å². The van der Waals surface area contributed by atoms with Crippen molar-refractivity contribution in [3.05, 3.63) is 217 Å². The molecule has 12 aromatic rings. The van der Waals surface area contributed by atoms with Crippen molar-refractivity contribution in [3.8, 4) is 97.1 Å². The van der Waals surface area contributed by atoms with E-state index in [-0.39, 0.29) is 18.5 Å². The fraction of sp³-hybridized carbons (Fsp3) is 0.325. The molecular weight excluding hydrogens is 1310 g/mol. The maximum absolute atomic E-state index is 13.4. The van der Waals surface area contributed by atoms with E-state index in [1.165, 1.54) is 41.1 Å². The number of aliphatic hydroxyl groups is 1. The van der Waals surface area contributed by atoms with Gasteiger partial charge in [-0.15, -0.1) is 10.2 Å². The first kappa shape index (κ1) is 66.9. The predicted octanol–water partition coefficient (Wildman–Crippen LogP) is 12.0. The van der Waals surface area contributed by atoms with Gasteiger partial charge in [0.15, 0.2) is 17.5 Å². The van der Waals surface area contributed by atoms with Crippen molar-refractivity contribution >= 4 is 17.2 Å². The van der Waals surface area contributed by atoms with Crippen molar-refractivity contribution in [1.82, 2.24) is 73.3 Å². The van der Waals surface area contributed by atoms with Gasteiger partial charge >= 0.3 is 0 Å². The molecule has 5 aromatic carbocycles. The maximum Gasteiger partial charge on any atom is 0.185 e. The van der Waals surface area contributed by atoms with E-state index in [0.29, 0.717) is 46.8 Å². The molecule has 0 bridgehead atoms. The van der Waals surface area contributed by atoms with E-state index in [1.54, 1.807) is 12.7 Å². The van der Waals surface area contributed by atoms with Gasteiger partial charge in [-0.1, -0.05) is 57.2 Å². The molecule has 0 radical (unpaired) electrons. The third kappa shape index (κ3) is 13.0. The average Bonchev–Trinajstić information content (AvgIpc) is 1.62. The van der Waals surface area contributed by atoms with Crippen LogP contribution < -0.4 is 25.3 Å². The molecule has 7 aromatic heterocycles. The second kappa shape index (κ2) is 27.7. The predicted molar refractivity (Wildman–Crippen MR) is 407 cm³/mol. The Kier molecular flexibility index (Phi) is 17.7. The minimum absolute atomic E-state index is 0.152. The van der Waals surface area contributed by atoms with Crippen molar-refractivity contribution < 1.29 is 9.50 Å². The number of fused-ring (bicyclic) bond motifs is 15. The summed E-state index contributed by atoms with van der Waals surface area (Å²) in [6, 6.07) is 50.9. The molecule has 19 rings (SSSR count). The highest BCUT2D eigenvalue weighted by atomic mass is 19.1. The van der Waals surface area contributed by atoms with Gasteiger partial charge in [-0.05, 0) is 182 Å². The number of nitrogens with zero attached hydrogens (tertiary/aromatic N) is 18. The molecule has 530 valence electrons. The van der Waals surface area contributed by atoms with E-state index in [9.17, 15) is 9.50 Å². The van der Waals surface area contributed by atoms with Gasteiger partial charge in [0.05, 0.1) is 76.3 Å². The summed E-state index contributed by atoms with van der Waals surface area (Å²) in [5, 5.41) is 48.2. The Morgan fingerprint density at radius 2 is 1.28 bits per heavy atom. The molecule has 1 spiro atoms. The van der Waals surface area contributed by atoms with Gasteiger partial charge in [0.25, 0.3) is 0 Å². The van der Waals surface area contributed by atoms with E-state index < -0.39 is 0 Å². The lowest BCUT2D eigenvalue weighted by atomic mass is 9.81. The maximum atomic E-state index is 13.4. The normalized spacial score (nSPS) is 17.9. The lowest BCUT2D eigenvalue weighted by Crippen LogP contribution is -2.54. The summed E-state index contributed by atoms with van der Waals surface area (Å²) in [4.78, 5) is 24.2. The average molecular weight is 1400 g/mol. The Labute approximate surface area is 610 Å². The molecule has 7 aliphatic heterocycles. The van der Waals surface area contributed by atoms with Crippen LogP contribution in [0.4, 0.5) is 21.6 Å². The van der Waals surface area contributed by atoms with Crippen molar-refractivity contribution in [2.45, 2.75) is 59.3 Å². The summed E-state index contributed by atoms with van der Waals surface area (Å²) < 4.78 is 26.3. The number of hydrogen-bond acceptors (Lipinski definition) is 15. The number of nitrogens with one attached hydrogen (secondary N) is 2.